The minimum atomic E-state index is -0.113. The summed E-state index contributed by atoms with van der Waals surface area (Å²) in [6, 6.07) is 21.7. The zero-order valence-electron chi connectivity index (χ0n) is 17.1. The molecule has 0 spiro atoms. The summed E-state index contributed by atoms with van der Waals surface area (Å²) in [5.41, 5.74) is 2.76. The van der Waals surface area contributed by atoms with Crippen LogP contribution in [0.25, 0.3) is 11.4 Å². The van der Waals surface area contributed by atoms with Crippen molar-refractivity contribution in [1.29, 1.82) is 0 Å². The van der Waals surface area contributed by atoms with Gasteiger partial charge in [-0.05, 0) is 44.0 Å². The van der Waals surface area contributed by atoms with E-state index in [1.54, 1.807) is 4.68 Å². The number of para-hydroxylation sites is 2. The molecule has 1 aliphatic rings. The van der Waals surface area contributed by atoms with Crippen LogP contribution < -0.4 is 5.32 Å². The fraction of sp³-hybridized carbons (Fsp3) is 0.217. The van der Waals surface area contributed by atoms with Gasteiger partial charge in [-0.2, -0.15) is 5.10 Å². The molecule has 2 aromatic carbocycles. The van der Waals surface area contributed by atoms with E-state index in [1.165, 1.54) is 11.8 Å². The molecule has 0 radical (unpaired) electrons. The highest BCUT2D eigenvalue weighted by Gasteiger charge is 2.31. The number of aryl methyl sites for hydroxylation is 1. The quantitative estimate of drug-likeness (QED) is 0.441. The van der Waals surface area contributed by atoms with Crippen molar-refractivity contribution < 1.29 is 4.79 Å². The minimum Gasteiger partial charge on any atom is -0.310 e. The molecule has 1 fully saturated rings. The molecule has 1 aliphatic carbocycles. The van der Waals surface area contributed by atoms with E-state index in [4.69, 9.17) is 0 Å². The Morgan fingerprint density at radius 3 is 2.39 bits per heavy atom. The van der Waals surface area contributed by atoms with Crippen LogP contribution in [0.4, 0.5) is 5.82 Å². The Morgan fingerprint density at radius 2 is 1.71 bits per heavy atom. The molecule has 2 aromatic heterocycles. The molecule has 31 heavy (non-hydrogen) atoms. The number of hydrogen-bond acceptors (Lipinski definition) is 5. The fourth-order valence-corrected chi connectivity index (χ4v) is 4.22. The van der Waals surface area contributed by atoms with Crippen molar-refractivity contribution in [3.63, 3.8) is 0 Å². The highest BCUT2D eigenvalue weighted by atomic mass is 32.2. The number of anilines is 1. The summed E-state index contributed by atoms with van der Waals surface area (Å²) < 4.78 is 3.82. The summed E-state index contributed by atoms with van der Waals surface area (Å²) in [5, 5.41) is 17.0. The standard InChI is InChI=1S/C23H22N6OS/c1-16-14-20(29(27-16)19-10-6-3-7-11-19)24-21(30)15-31-23-26-25-22(17-12-13-17)28(23)18-8-4-2-5-9-18/h2-11,14,17H,12-13,15H2,1H3,(H,24,30). The lowest BCUT2D eigenvalue weighted by Gasteiger charge is -2.10. The Bertz CT molecular complexity index is 1200. The topological polar surface area (TPSA) is 77.6 Å². The molecule has 1 N–H and O–H groups in total. The number of benzene rings is 2. The lowest BCUT2D eigenvalue weighted by Crippen LogP contribution is -2.17. The number of amides is 1. The number of nitrogens with zero attached hydrogens (tertiary/aromatic N) is 5. The molecular formula is C23H22N6OS. The highest BCUT2D eigenvalue weighted by Crippen LogP contribution is 2.41. The Morgan fingerprint density at radius 1 is 1.03 bits per heavy atom. The van der Waals surface area contributed by atoms with Gasteiger partial charge in [-0.15, -0.1) is 10.2 Å². The first kappa shape index (κ1) is 19.6. The van der Waals surface area contributed by atoms with Crippen molar-refractivity contribution in [2.24, 2.45) is 0 Å². The zero-order valence-corrected chi connectivity index (χ0v) is 17.9. The molecule has 156 valence electrons. The second kappa shape index (κ2) is 8.39. The van der Waals surface area contributed by atoms with Gasteiger partial charge in [0.2, 0.25) is 5.91 Å². The first-order chi connectivity index (χ1) is 15.2. The van der Waals surface area contributed by atoms with Crippen LogP contribution in [0.2, 0.25) is 0 Å². The summed E-state index contributed by atoms with van der Waals surface area (Å²) >= 11 is 1.39. The molecule has 5 rings (SSSR count). The van der Waals surface area contributed by atoms with Crippen LogP contribution in [0.1, 0.15) is 30.3 Å². The van der Waals surface area contributed by atoms with Crippen LogP contribution in [0.5, 0.6) is 0 Å². The zero-order chi connectivity index (χ0) is 21.2. The second-order valence-electron chi connectivity index (χ2n) is 7.54. The lowest BCUT2D eigenvalue weighted by molar-refractivity contribution is -0.113. The van der Waals surface area contributed by atoms with Crippen LogP contribution in [-0.4, -0.2) is 36.2 Å². The van der Waals surface area contributed by atoms with E-state index >= 15 is 0 Å². The van der Waals surface area contributed by atoms with Gasteiger partial charge < -0.3 is 5.32 Å². The minimum absolute atomic E-state index is 0.113. The normalized spacial score (nSPS) is 13.3. The van der Waals surface area contributed by atoms with Crippen LogP contribution in [0.15, 0.2) is 71.9 Å². The predicted octanol–water partition coefficient (Wildman–Crippen LogP) is 4.37. The Hall–Kier alpha value is -3.39. The van der Waals surface area contributed by atoms with E-state index in [2.05, 4.69) is 25.2 Å². The molecule has 4 aromatic rings. The van der Waals surface area contributed by atoms with Crippen molar-refractivity contribution in [3.05, 3.63) is 78.2 Å². The number of hydrogen-bond donors (Lipinski definition) is 1. The average Bonchev–Trinajstić information content (AvgIpc) is 3.45. The van der Waals surface area contributed by atoms with Gasteiger partial charge >= 0.3 is 0 Å². The predicted molar refractivity (Wildman–Crippen MR) is 121 cm³/mol. The van der Waals surface area contributed by atoms with E-state index in [1.807, 2.05) is 73.7 Å². The van der Waals surface area contributed by atoms with Gasteiger partial charge in [-0.3, -0.25) is 9.36 Å². The maximum atomic E-state index is 12.7. The van der Waals surface area contributed by atoms with Crippen LogP contribution in [-0.2, 0) is 4.79 Å². The largest absolute Gasteiger partial charge is 0.310 e. The third kappa shape index (κ3) is 4.25. The smallest absolute Gasteiger partial charge is 0.236 e. The third-order valence-corrected chi connectivity index (χ3v) is 5.98. The van der Waals surface area contributed by atoms with Gasteiger partial charge in [-0.1, -0.05) is 48.2 Å². The van der Waals surface area contributed by atoms with E-state index in [0.29, 0.717) is 11.7 Å². The van der Waals surface area contributed by atoms with E-state index in [9.17, 15) is 4.79 Å². The van der Waals surface area contributed by atoms with E-state index in [-0.39, 0.29) is 11.7 Å². The van der Waals surface area contributed by atoms with Gasteiger partial charge in [0, 0.05) is 17.7 Å². The number of aromatic nitrogens is 5. The molecule has 0 atom stereocenters. The third-order valence-electron chi connectivity index (χ3n) is 5.05. The number of rotatable bonds is 7. The molecule has 1 amide bonds. The Kier molecular flexibility index (Phi) is 5.30. The van der Waals surface area contributed by atoms with Gasteiger partial charge in [-0.25, -0.2) is 4.68 Å². The van der Waals surface area contributed by atoms with Gasteiger partial charge in [0.1, 0.15) is 11.6 Å². The number of nitrogens with one attached hydrogen (secondary N) is 1. The van der Waals surface area contributed by atoms with Crippen molar-refractivity contribution in [2.45, 2.75) is 30.8 Å². The van der Waals surface area contributed by atoms with E-state index in [0.717, 1.165) is 40.9 Å². The summed E-state index contributed by atoms with van der Waals surface area (Å²) in [5.74, 6) is 2.20. The maximum Gasteiger partial charge on any atom is 0.236 e. The molecule has 0 bridgehead atoms. The molecule has 0 aliphatic heterocycles. The molecule has 0 saturated heterocycles. The number of thioether (sulfide) groups is 1. The van der Waals surface area contributed by atoms with Crippen LogP contribution in [0.3, 0.4) is 0 Å². The molecule has 2 heterocycles. The first-order valence-electron chi connectivity index (χ1n) is 10.2. The first-order valence-corrected chi connectivity index (χ1v) is 11.2. The maximum absolute atomic E-state index is 12.7. The average molecular weight is 431 g/mol. The van der Waals surface area contributed by atoms with Crippen molar-refractivity contribution in [1.82, 2.24) is 24.5 Å². The Labute approximate surface area is 184 Å². The molecule has 7 nitrogen and oxygen atoms in total. The van der Waals surface area contributed by atoms with Crippen LogP contribution in [0, 0.1) is 6.92 Å². The molecule has 0 unspecified atom stereocenters. The van der Waals surface area contributed by atoms with Crippen molar-refractivity contribution in [3.8, 4) is 11.4 Å². The molecular weight excluding hydrogens is 408 g/mol. The van der Waals surface area contributed by atoms with Gasteiger partial charge in [0.25, 0.3) is 0 Å². The van der Waals surface area contributed by atoms with E-state index < -0.39 is 0 Å². The molecule has 8 heteroatoms. The summed E-state index contributed by atoms with van der Waals surface area (Å²) in [6.07, 6.45) is 2.28. The van der Waals surface area contributed by atoms with Crippen molar-refractivity contribution >= 4 is 23.5 Å². The summed E-state index contributed by atoms with van der Waals surface area (Å²) in [4.78, 5) is 12.7. The van der Waals surface area contributed by atoms with Gasteiger partial charge in [0.15, 0.2) is 5.16 Å². The second-order valence-corrected chi connectivity index (χ2v) is 8.48. The monoisotopic (exact) mass is 430 g/mol. The number of carbonyl (C=O) groups is 1. The number of carbonyl (C=O) groups excluding carboxylic acids is 1. The Balaban J connectivity index is 1.33. The van der Waals surface area contributed by atoms with Gasteiger partial charge in [0.05, 0.1) is 17.1 Å². The molecule has 1 saturated carbocycles. The summed E-state index contributed by atoms with van der Waals surface area (Å²) in [7, 11) is 0. The van der Waals surface area contributed by atoms with Crippen molar-refractivity contribution in [2.75, 3.05) is 11.1 Å². The lowest BCUT2D eigenvalue weighted by atomic mass is 10.3. The fourth-order valence-electron chi connectivity index (χ4n) is 3.46. The highest BCUT2D eigenvalue weighted by molar-refractivity contribution is 7.99. The van der Waals surface area contributed by atoms with Crippen LogP contribution >= 0.6 is 11.8 Å². The summed E-state index contributed by atoms with van der Waals surface area (Å²) in [6.45, 7) is 1.91. The SMILES string of the molecule is Cc1cc(NC(=O)CSc2nnc(C3CC3)n2-c2ccccc2)n(-c2ccccc2)n1.